The fourth-order valence-electron chi connectivity index (χ4n) is 1.78. The van der Waals surface area contributed by atoms with Crippen LogP contribution in [0.2, 0.25) is 0 Å². The Hall–Kier alpha value is -0.820. The van der Waals surface area contributed by atoms with Crippen LogP contribution in [0.1, 0.15) is 23.2 Å². The second-order valence-corrected chi connectivity index (χ2v) is 5.36. The number of benzene rings is 1. The molecule has 0 unspecified atom stereocenters. The number of carbonyl (C=O) groups is 1. The van der Waals surface area contributed by atoms with Gasteiger partial charge in [0, 0.05) is 16.2 Å². The topological polar surface area (TPSA) is 60.8 Å². The van der Waals surface area contributed by atoms with Crippen molar-refractivity contribution in [1.82, 2.24) is 4.90 Å². The van der Waals surface area contributed by atoms with E-state index in [1.807, 2.05) is 0 Å². The number of rotatable bonds is 4. The van der Waals surface area contributed by atoms with E-state index in [0.717, 1.165) is 16.4 Å². The van der Waals surface area contributed by atoms with E-state index in [2.05, 4.69) is 22.6 Å². The Morgan fingerprint density at radius 2 is 2.18 bits per heavy atom. The van der Waals surface area contributed by atoms with Crippen molar-refractivity contribution in [3.8, 4) is 5.75 Å². The van der Waals surface area contributed by atoms with Crippen molar-refractivity contribution in [3.63, 3.8) is 0 Å². The van der Waals surface area contributed by atoms with Crippen LogP contribution in [0.25, 0.3) is 0 Å². The third-order valence-electron chi connectivity index (χ3n) is 2.78. The predicted molar refractivity (Wildman–Crippen MR) is 72.0 cm³/mol. The maximum Gasteiger partial charge on any atom is 0.257 e. The Balaban J connectivity index is 2.24. The largest absolute Gasteiger partial charge is 0.507 e. The molecule has 1 aromatic rings. The molecule has 0 atom stereocenters. The summed E-state index contributed by atoms with van der Waals surface area (Å²) >= 11 is 2.10. The number of nitrogens with zero attached hydrogens (tertiary/aromatic N) is 1. The molecule has 92 valence electrons. The maximum absolute atomic E-state index is 12.2. The summed E-state index contributed by atoms with van der Waals surface area (Å²) in [6.45, 7) is 0.279. The standard InChI is InChI=1S/C12H14INO3/c13-8-1-4-11(16)10(7-8)12(17)14(5-6-15)9-2-3-9/h1,4,7,9,15-16H,2-3,5-6H2. The van der Waals surface area contributed by atoms with Gasteiger partial charge >= 0.3 is 0 Å². The van der Waals surface area contributed by atoms with Crippen molar-refractivity contribution in [2.24, 2.45) is 0 Å². The fraction of sp³-hybridized carbons (Fsp3) is 0.417. The summed E-state index contributed by atoms with van der Waals surface area (Å²) in [6.07, 6.45) is 1.97. The first-order valence-corrected chi connectivity index (χ1v) is 6.61. The van der Waals surface area contributed by atoms with Crippen LogP contribution in [0.5, 0.6) is 5.75 Å². The molecule has 1 aliphatic carbocycles. The van der Waals surface area contributed by atoms with E-state index < -0.39 is 0 Å². The highest BCUT2D eigenvalue weighted by atomic mass is 127. The second kappa shape index (κ2) is 5.22. The molecule has 0 aromatic heterocycles. The van der Waals surface area contributed by atoms with E-state index >= 15 is 0 Å². The molecule has 1 saturated carbocycles. The number of halogens is 1. The minimum atomic E-state index is -0.197. The first-order valence-electron chi connectivity index (χ1n) is 5.54. The summed E-state index contributed by atoms with van der Waals surface area (Å²) < 4.78 is 0.906. The van der Waals surface area contributed by atoms with E-state index in [0.29, 0.717) is 12.1 Å². The van der Waals surface area contributed by atoms with Gasteiger partial charge in [-0.1, -0.05) is 0 Å². The number of hydrogen-bond donors (Lipinski definition) is 2. The molecule has 17 heavy (non-hydrogen) atoms. The number of carbonyl (C=O) groups excluding carboxylic acids is 1. The molecule has 1 aromatic carbocycles. The van der Waals surface area contributed by atoms with Gasteiger partial charge in [0.2, 0.25) is 0 Å². The van der Waals surface area contributed by atoms with Gasteiger partial charge in [0.15, 0.2) is 0 Å². The third kappa shape index (κ3) is 2.90. The fourth-order valence-corrected chi connectivity index (χ4v) is 2.27. The first kappa shape index (κ1) is 12.6. The van der Waals surface area contributed by atoms with Gasteiger partial charge in [-0.2, -0.15) is 0 Å². The SMILES string of the molecule is O=C(c1cc(I)ccc1O)N(CCO)C1CC1. The van der Waals surface area contributed by atoms with Crippen molar-refractivity contribution >= 4 is 28.5 Å². The predicted octanol–water partition coefficient (Wildman–Crippen LogP) is 1.59. The highest BCUT2D eigenvalue weighted by Gasteiger charge is 2.33. The number of amides is 1. The lowest BCUT2D eigenvalue weighted by atomic mass is 10.1. The van der Waals surface area contributed by atoms with E-state index in [-0.39, 0.29) is 24.3 Å². The van der Waals surface area contributed by atoms with E-state index in [4.69, 9.17) is 5.11 Å². The summed E-state index contributed by atoms with van der Waals surface area (Å²) in [4.78, 5) is 13.9. The maximum atomic E-state index is 12.2. The van der Waals surface area contributed by atoms with E-state index in [1.54, 1.807) is 17.0 Å². The molecule has 0 bridgehead atoms. The average molecular weight is 347 g/mol. The molecule has 0 aliphatic heterocycles. The average Bonchev–Trinajstić information content (AvgIpc) is 3.12. The second-order valence-electron chi connectivity index (χ2n) is 4.11. The molecule has 4 nitrogen and oxygen atoms in total. The molecule has 0 saturated heterocycles. The third-order valence-corrected chi connectivity index (χ3v) is 3.45. The lowest BCUT2D eigenvalue weighted by Gasteiger charge is -2.21. The van der Waals surface area contributed by atoms with Crippen molar-refractivity contribution < 1.29 is 15.0 Å². The molecule has 1 aliphatic rings. The van der Waals surface area contributed by atoms with Gasteiger partial charge in [-0.15, -0.1) is 0 Å². The normalized spacial score (nSPS) is 14.7. The molecule has 2 rings (SSSR count). The summed E-state index contributed by atoms with van der Waals surface area (Å²) in [6, 6.07) is 5.18. The van der Waals surface area contributed by atoms with Gasteiger partial charge < -0.3 is 15.1 Å². The highest BCUT2D eigenvalue weighted by molar-refractivity contribution is 14.1. The lowest BCUT2D eigenvalue weighted by Crippen LogP contribution is -2.35. The Morgan fingerprint density at radius 3 is 2.76 bits per heavy atom. The van der Waals surface area contributed by atoms with E-state index in [1.165, 1.54) is 6.07 Å². The summed E-state index contributed by atoms with van der Waals surface area (Å²) in [5.74, 6) is -0.198. The molecule has 5 heteroatoms. The highest BCUT2D eigenvalue weighted by Crippen LogP contribution is 2.30. The van der Waals surface area contributed by atoms with Crippen LogP contribution in [0.15, 0.2) is 18.2 Å². The Morgan fingerprint density at radius 1 is 1.47 bits per heavy atom. The molecular formula is C12H14INO3. The van der Waals surface area contributed by atoms with Crippen LogP contribution in [-0.2, 0) is 0 Å². The summed E-state index contributed by atoms with van der Waals surface area (Å²) in [5.41, 5.74) is 0.317. The van der Waals surface area contributed by atoms with Crippen LogP contribution in [0.4, 0.5) is 0 Å². The van der Waals surface area contributed by atoms with Crippen molar-refractivity contribution in [2.75, 3.05) is 13.2 Å². The van der Waals surface area contributed by atoms with Crippen LogP contribution < -0.4 is 0 Å². The molecule has 0 heterocycles. The smallest absolute Gasteiger partial charge is 0.257 e. The molecule has 0 spiro atoms. The van der Waals surface area contributed by atoms with Gasteiger partial charge in [-0.25, -0.2) is 0 Å². The van der Waals surface area contributed by atoms with Crippen LogP contribution in [0, 0.1) is 3.57 Å². The number of phenols is 1. The Kier molecular flexibility index (Phi) is 3.88. The first-order chi connectivity index (χ1) is 8.13. The number of aromatic hydroxyl groups is 1. The zero-order valence-electron chi connectivity index (χ0n) is 9.27. The van der Waals surface area contributed by atoms with Gasteiger partial charge in [0.25, 0.3) is 5.91 Å². The van der Waals surface area contributed by atoms with Crippen LogP contribution in [0.3, 0.4) is 0 Å². The van der Waals surface area contributed by atoms with Crippen LogP contribution >= 0.6 is 22.6 Å². The Bertz CT molecular complexity index is 432. The molecule has 1 fully saturated rings. The van der Waals surface area contributed by atoms with Crippen molar-refractivity contribution in [1.29, 1.82) is 0 Å². The molecule has 0 radical (unpaired) electrons. The minimum absolute atomic E-state index is 0.000921. The monoisotopic (exact) mass is 347 g/mol. The lowest BCUT2D eigenvalue weighted by molar-refractivity contribution is 0.0704. The van der Waals surface area contributed by atoms with Gasteiger partial charge in [-0.3, -0.25) is 4.79 Å². The number of phenolic OH excluding ortho intramolecular Hbond substituents is 1. The Labute approximate surface area is 113 Å². The van der Waals surface area contributed by atoms with Gasteiger partial charge in [-0.05, 0) is 53.6 Å². The zero-order valence-corrected chi connectivity index (χ0v) is 11.4. The molecule has 2 N–H and O–H groups in total. The molecule has 1 amide bonds. The number of aliphatic hydroxyl groups is 1. The van der Waals surface area contributed by atoms with Crippen LogP contribution in [-0.4, -0.2) is 40.2 Å². The van der Waals surface area contributed by atoms with Crippen molar-refractivity contribution in [3.05, 3.63) is 27.3 Å². The van der Waals surface area contributed by atoms with Gasteiger partial charge in [0.1, 0.15) is 5.75 Å². The molecular weight excluding hydrogens is 333 g/mol. The zero-order chi connectivity index (χ0) is 12.4. The summed E-state index contributed by atoms with van der Waals surface area (Å²) in [7, 11) is 0. The number of aliphatic hydroxyl groups excluding tert-OH is 1. The van der Waals surface area contributed by atoms with Crippen molar-refractivity contribution in [2.45, 2.75) is 18.9 Å². The number of hydrogen-bond acceptors (Lipinski definition) is 3. The van der Waals surface area contributed by atoms with Gasteiger partial charge in [0.05, 0.1) is 12.2 Å². The quantitative estimate of drug-likeness (QED) is 0.814. The van der Waals surface area contributed by atoms with E-state index in [9.17, 15) is 9.90 Å². The summed E-state index contributed by atoms with van der Waals surface area (Å²) in [5, 5.41) is 18.7. The minimum Gasteiger partial charge on any atom is -0.507 e.